The molecule has 0 bridgehead atoms. The Morgan fingerprint density at radius 1 is 0.269 bits per heavy atom. The van der Waals surface area contributed by atoms with Crippen LogP contribution in [0, 0.1) is 55.4 Å². The summed E-state index contributed by atoms with van der Waals surface area (Å²) in [6, 6.07) is 75.4. The van der Waals surface area contributed by atoms with Gasteiger partial charge in [-0.15, -0.1) is 0 Å². The molecule has 4 aromatic heterocycles. The van der Waals surface area contributed by atoms with Gasteiger partial charge >= 0.3 is 24.7 Å². The molecule has 608 valence electrons. The van der Waals surface area contributed by atoms with Crippen LogP contribution < -0.4 is 13.6 Å². The van der Waals surface area contributed by atoms with E-state index in [0.29, 0.717) is 11.5 Å². The van der Waals surface area contributed by atoms with Crippen LogP contribution in [-0.2, 0) is 28.3 Å². The van der Waals surface area contributed by atoms with Gasteiger partial charge in [0.1, 0.15) is 56.2 Å². The van der Waals surface area contributed by atoms with Gasteiger partial charge in [0.25, 0.3) is 0 Å². The summed E-state index contributed by atoms with van der Waals surface area (Å²) in [7, 11) is -6.59. The smallest absolute Gasteiger partial charge is 0.419 e. The summed E-state index contributed by atoms with van der Waals surface area (Å²) in [6.07, 6.45) is 0.0158. The zero-order valence-corrected chi connectivity index (χ0v) is 76.2. The van der Waals surface area contributed by atoms with E-state index in [1.54, 1.807) is 0 Å². The number of fused-ring (bicyclic) bond motifs is 20. The van der Waals surface area contributed by atoms with Crippen LogP contribution in [0.1, 0.15) is 164 Å². The maximum atomic E-state index is 7.18. The molecule has 1 unspecified atom stereocenters. The maximum Gasteiger partial charge on any atom is 0.453 e. The molecule has 0 aliphatic carbocycles. The Bertz CT molecular complexity index is 7010. The minimum absolute atomic E-state index is 0.0158. The highest BCUT2D eigenvalue weighted by Gasteiger charge is 2.31. The van der Waals surface area contributed by atoms with Crippen LogP contribution in [0.4, 0.5) is 0 Å². The quantitative estimate of drug-likeness (QED) is 0.151. The van der Waals surface area contributed by atoms with E-state index in [1.807, 2.05) is 69.0 Å². The molecule has 0 saturated carbocycles. The second-order valence-electron chi connectivity index (χ2n) is 36.1. The van der Waals surface area contributed by atoms with Gasteiger partial charge in [-0.05, 0) is 227 Å². The molecular formula is C104H106O11P4. The first-order chi connectivity index (χ1) is 56.6. The van der Waals surface area contributed by atoms with Crippen molar-refractivity contribution in [3.05, 3.63) is 285 Å². The lowest BCUT2D eigenvalue weighted by molar-refractivity contribution is 0.300. The van der Waals surface area contributed by atoms with E-state index in [1.165, 1.54) is 82.4 Å². The summed E-state index contributed by atoms with van der Waals surface area (Å²) in [5, 5.41) is 18.1. The lowest BCUT2D eigenvalue weighted by Crippen LogP contribution is -2.14. The minimum atomic E-state index is -2.04. The third-order valence-corrected chi connectivity index (χ3v) is 27.5. The molecule has 11 nitrogen and oxygen atoms in total. The lowest BCUT2D eigenvalue weighted by atomic mass is 9.80. The zero-order chi connectivity index (χ0) is 84.2. The van der Waals surface area contributed by atoms with Crippen LogP contribution in [0.15, 0.2) is 252 Å². The number of aryl methyl sites for hydroxylation is 8. The average molecular weight is 1660 g/mol. The highest BCUT2D eigenvalue weighted by molar-refractivity contribution is 7.35. The number of para-hydroxylation sites is 2. The molecule has 4 heterocycles. The van der Waals surface area contributed by atoms with E-state index >= 15 is 0 Å². The topological polar surface area (TPSA) is 133 Å². The van der Waals surface area contributed by atoms with Crippen molar-refractivity contribution < 1.29 is 47.1 Å². The van der Waals surface area contributed by atoms with Gasteiger partial charge in [-0.1, -0.05) is 259 Å². The van der Waals surface area contributed by atoms with Gasteiger partial charge in [-0.2, -0.15) is 0 Å². The fourth-order valence-electron chi connectivity index (χ4n) is 16.7. The first-order valence-electron chi connectivity index (χ1n) is 41.1. The SMILES string of the molecule is CC(C)Op1oc2ccc3ccccc3c2c2c(ccc3ccccc32)o1.Cc1cc(C(C)(C)C)c2op(Oc3ccccc3-c3ccccc3Op3oc4c(C(C)(C)C)cc(C)c(C)c4c4c(C)c(C)cc(C(C)(C)C)c4o3)oc3cc(C(C)(C)C)c(C)c(C)c3c2c1C.Cp1oc2ccc3ccccc3c2c2c(ccc3ccccc32)o1. The molecule has 0 aliphatic heterocycles. The molecule has 0 N–H and O–H groups in total. The first kappa shape index (κ1) is 82.0. The van der Waals surface area contributed by atoms with Crippen molar-refractivity contribution in [2.75, 3.05) is 0 Å². The molecule has 0 amide bonds. The van der Waals surface area contributed by atoms with Crippen molar-refractivity contribution >= 4 is 164 Å². The third kappa shape index (κ3) is 15.7. The van der Waals surface area contributed by atoms with Crippen molar-refractivity contribution in [3.8, 4) is 22.6 Å². The fraction of sp³-hybridized carbons (Fsp3) is 0.269. The van der Waals surface area contributed by atoms with Crippen LogP contribution in [0.3, 0.4) is 0 Å². The third-order valence-electron chi connectivity index (χ3n) is 23.2. The highest BCUT2D eigenvalue weighted by Crippen LogP contribution is 2.52. The van der Waals surface area contributed by atoms with Crippen molar-refractivity contribution in [1.29, 1.82) is 0 Å². The van der Waals surface area contributed by atoms with E-state index in [-0.39, 0.29) is 27.8 Å². The number of benzene rings is 14. The summed E-state index contributed by atoms with van der Waals surface area (Å²) in [5.74, 6) is 1.21. The summed E-state index contributed by atoms with van der Waals surface area (Å²) in [5.41, 5.74) is 21.6. The minimum Gasteiger partial charge on any atom is -0.419 e. The van der Waals surface area contributed by atoms with Crippen LogP contribution in [-0.4, -0.2) is 6.10 Å². The Labute approximate surface area is 700 Å². The van der Waals surface area contributed by atoms with Crippen molar-refractivity contribution in [2.24, 2.45) is 6.66 Å². The van der Waals surface area contributed by atoms with Crippen LogP contribution >= 0.6 is 32.7 Å². The van der Waals surface area contributed by atoms with Gasteiger partial charge in [-0.25, -0.2) is 0 Å². The normalized spacial score (nSPS) is 12.4. The lowest BCUT2D eigenvalue weighted by Gasteiger charge is -2.24. The van der Waals surface area contributed by atoms with Crippen molar-refractivity contribution in [3.63, 3.8) is 0 Å². The second kappa shape index (κ2) is 31.8. The Morgan fingerprint density at radius 3 is 0.899 bits per heavy atom. The average Bonchev–Trinajstić information content (AvgIpc) is 1.33. The summed E-state index contributed by atoms with van der Waals surface area (Å²) < 4.78 is 73.5. The van der Waals surface area contributed by atoms with Crippen molar-refractivity contribution in [2.45, 2.75) is 180 Å². The Kier molecular flexibility index (Phi) is 21.9. The molecule has 18 aromatic rings. The van der Waals surface area contributed by atoms with Crippen LogP contribution in [0.2, 0.25) is 0 Å². The molecule has 0 fully saturated rings. The van der Waals surface area contributed by atoms with Crippen LogP contribution in [0.5, 0.6) is 11.5 Å². The van der Waals surface area contributed by atoms with E-state index < -0.39 is 32.7 Å². The van der Waals surface area contributed by atoms with E-state index in [9.17, 15) is 0 Å². The fourth-order valence-corrected chi connectivity index (χ4v) is 20.9. The van der Waals surface area contributed by atoms with Crippen LogP contribution in [0.25, 0.3) is 142 Å². The Balaban J connectivity index is 0.000000166. The monoisotopic (exact) mass is 1650 g/mol. The summed E-state index contributed by atoms with van der Waals surface area (Å²) >= 11 is 0. The largest absolute Gasteiger partial charge is 0.453 e. The number of hydrogen-bond acceptors (Lipinski definition) is 11. The highest BCUT2D eigenvalue weighted by atomic mass is 31.1. The van der Waals surface area contributed by atoms with Crippen molar-refractivity contribution in [1.82, 2.24) is 0 Å². The standard InChI is InChI=1S/C60H72O6P2.C23H19O3P.C21H15O2P/c1-33-29-44(58(12,13)14)54-51(36(33)4)50-40(8)39(7)43(57(9,10)11)32-49(50)63-67(64-54)61-47-27-23-21-25-41(47)42-26-22-24-28-48(42)62-68-65-55-45(59(15,16)17)30-34(2)37(5)52(55)53-38(6)35(3)31-46(56(53)66-68)60(18,19)20;1-15(2)24-27-25-20-13-11-16-7-3-5-9-18(16)22(20)23-19-10-6-4-8-17(19)12-14-21(23)26-27;1-24-22-18-12-10-14-6-2-4-8-16(14)20(18)21-17-9-5-3-7-15(17)11-13-19(21)23-24/h21-32H,1-20H3;3-15H,1-2H3;2-13H,1H3. The number of rotatable bonds is 7. The molecule has 0 spiro atoms. The zero-order valence-electron chi connectivity index (χ0n) is 72.6. The molecule has 15 heteroatoms. The first-order valence-corrected chi connectivity index (χ1v) is 46.0. The predicted octanol–water partition coefficient (Wildman–Crippen LogP) is 34.5. The maximum absolute atomic E-state index is 7.18. The second-order valence-corrected chi connectivity index (χ2v) is 40.3. The molecule has 1 atom stereocenters. The summed E-state index contributed by atoms with van der Waals surface area (Å²) in [4.78, 5) is 0. The molecular weight excluding hydrogens is 1550 g/mol. The van der Waals surface area contributed by atoms with Gasteiger partial charge in [0.15, 0.2) is 0 Å². The molecule has 14 aromatic carbocycles. The summed E-state index contributed by atoms with van der Waals surface area (Å²) in [6.45, 7) is 50.5. The van der Waals surface area contributed by atoms with Gasteiger partial charge in [0, 0.05) is 77.6 Å². The van der Waals surface area contributed by atoms with Gasteiger partial charge in [-0.3, -0.25) is 4.52 Å². The Hall–Kier alpha value is -10.7. The predicted molar refractivity (Wildman–Crippen MR) is 505 cm³/mol. The van der Waals surface area contributed by atoms with Gasteiger partial charge in [0.05, 0.1) is 6.10 Å². The molecule has 0 saturated heterocycles. The molecule has 119 heavy (non-hydrogen) atoms. The Morgan fingerprint density at radius 2 is 0.563 bits per heavy atom. The van der Waals surface area contributed by atoms with E-state index in [0.717, 1.165) is 126 Å². The van der Waals surface area contributed by atoms with Gasteiger partial charge < -0.3 is 42.6 Å². The van der Waals surface area contributed by atoms with Gasteiger partial charge in [0.2, 0.25) is 8.01 Å². The number of hydrogen-bond donors (Lipinski definition) is 0. The molecule has 0 aliphatic rings. The van der Waals surface area contributed by atoms with E-state index in [4.69, 9.17) is 47.1 Å². The van der Waals surface area contributed by atoms with E-state index in [2.05, 4.69) is 308 Å². The molecule has 0 radical (unpaired) electrons. The molecule has 18 rings (SSSR count).